The van der Waals surface area contributed by atoms with Crippen molar-refractivity contribution < 1.29 is 4.74 Å². The minimum absolute atomic E-state index is 0.748. The minimum Gasteiger partial charge on any atom is -0.497 e. The molecule has 0 radical (unpaired) electrons. The zero-order valence-corrected chi connectivity index (χ0v) is 13.3. The number of thioether (sulfide) groups is 1. The summed E-state index contributed by atoms with van der Waals surface area (Å²) in [6.07, 6.45) is 2.02. The topological polar surface area (TPSA) is 35.0 Å². The third-order valence-electron chi connectivity index (χ3n) is 3.33. The second kappa shape index (κ2) is 6.62. The van der Waals surface area contributed by atoms with Gasteiger partial charge in [-0.2, -0.15) is 0 Å². The lowest BCUT2D eigenvalue weighted by Gasteiger charge is -2.08. The number of hydrogen-bond acceptors (Lipinski definition) is 4. The Hall–Kier alpha value is -2.33. The molecule has 1 heterocycles. The lowest BCUT2D eigenvalue weighted by molar-refractivity contribution is 0.415. The number of ether oxygens (including phenoxy) is 1. The molecule has 0 spiro atoms. The van der Waals surface area contributed by atoms with Gasteiger partial charge in [-0.05, 0) is 36.6 Å². The molecule has 0 aliphatic carbocycles. The molecule has 0 atom stereocenters. The fraction of sp³-hybridized carbons (Fsp3) is 0.111. The quantitative estimate of drug-likeness (QED) is 0.523. The molecule has 0 aliphatic heterocycles. The van der Waals surface area contributed by atoms with Crippen molar-refractivity contribution in [1.29, 1.82) is 0 Å². The normalized spacial score (nSPS) is 10.5. The Morgan fingerprint density at radius 1 is 0.864 bits per heavy atom. The van der Waals surface area contributed by atoms with E-state index in [-0.39, 0.29) is 0 Å². The molecule has 0 bridgehead atoms. The first-order valence-electron chi connectivity index (χ1n) is 6.93. The summed E-state index contributed by atoms with van der Waals surface area (Å²) in [7, 11) is 1.67. The first kappa shape index (κ1) is 14.6. The SMILES string of the molecule is COc1ccc(-c2cc(SC)nc(-c3ccccc3)n2)cc1. The highest BCUT2D eigenvalue weighted by Gasteiger charge is 2.08. The number of methoxy groups -OCH3 is 1. The highest BCUT2D eigenvalue weighted by molar-refractivity contribution is 7.98. The fourth-order valence-electron chi connectivity index (χ4n) is 2.16. The van der Waals surface area contributed by atoms with E-state index in [1.54, 1.807) is 18.9 Å². The zero-order valence-electron chi connectivity index (χ0n) is 12.5. The van der Waals surface area contributed by atoms with Crippen LogP contribution in [-0.4, -0.2) is 23.3 Å². The Balaban J connectivity index is 2.07. The van der Waals surface area contributed by atoms with Crippen molar-refractivity contribution in [3.05, 3.63) is 60.7 Å². The van der Waals surface area contributed by atoms with Crippen LogP contribution in [0.3, 0.4) is 0 Å². The first-order valence-corrected chi connectivity index (χ1v) is 8.15. The highest BCUT2D eigenvalue weighted by Crippen LogP contribution is 2.26. The molecule has 0 aliphatic rings. The van der Waals surface area contributed by atoms with Gasteiger partial charge in [0.05, 0.1) is 12.8 Å². The van der Waals surface area contributed by atoms with E-state index in [1.165, 1.54) is 0 Å². The standard InChI is InChI=1S/C18H16N2OS/c1-21-15-10-8-13(9-11-15)16-12-17(22-2)20-18(19-16)14-6-4-3-5-7-14/h3-12H,1-2H3. The Morgan fingerprint density at radius 3 is 2.23 bits per heavy atom. The van der Waals surface area contributed by atoms with Crippen LogP contribution in [-0.2, 0) is 0 Å². The number of rotatable bonds is 4. The molecule has 3 nitrogen and oxygen atoms in total. The molecule has 0 amide bonds. The Morgan fingerprint density at radius 2 is 1.59 bits per heavy atom. The molecule has 0 unspecified atom stereocenters. The summed E-state index contributed by atoms with van der Waals surface area (Å²) in [4.78, 5) is 9.32. The molecule has 0 saturated heterocycles. The Kier molecular flexibility index (Phi) is 4.39. The van der Waals surface area contributed by atoms with Crippen molar-refractivity contribution >= 4 is 11.8 Å². The average molecular weight is 308 g/mol. The molecule has 0 saturated carbocycles. The Labute approximate surface area is 134 Å². The summed E-state index contributed by atoms with van der Waals surface area (Å²) in [6.45, 7) is 0. The van der Waals surface area contributed by atoms with E-state index in [2.05, 4.69) is 4.98 Å². The van der Waals surface area contributed by atoms with Gasteiger partial charge in [0.1, 0.15) is 10.8 Å². The van der Waals surface area contributed by atoms with Crippen LogP contribution in [0.15, 0.2) is 65.7 Å². The van der Waals surface area contributed by atoms with Gasteiger partial charge in [0.2, 0.25) is 0 Å². The molecule has 0 fully saturated rings. The van der Waals surface area contributed by atoms with E-state index in [9.17, 15) is 0 Å². The van der Waals surface area contributed by atoms with Crippen molar-refractivity contribution in [1.82, 2.24) is 9.97 Å². The van der Waals surface area contributed by atoms with Crippen LogP contribution in [0.5, 0.6) is 5.75 Å². The number of benzene rings is 2. The van der Waals surface area contributed by atoms with Crippen LogP contribution in [0.2, 0.25) is 0 Å². The summed E-state index contributed by atoms with van der Waals surface area (Å²) in [5, 5.41) is 0.958. The van der Waals surface area contributed by atoms with Gasteiger partial charge in [0.25, 0.3) is 0 Å². The lowest BCUT2D eigenvalue weighted by Crippen LogP contribution is -1.94. The van der Waals surface area contributed by atoms with Crippen molar-refractivity contribution in [2.24, 2.45) is 0 Å². The van der Waals surface area contributed by atoms with Gasteiger partial charge < -0.3 is 4.74 Å². The molecule has 4 heteroatoms. The number of nitrogens with zero attached hydrogens (tertiary/aromatic N) is 2. The van der Waals surface area contributed by atoms with Gasteiger partial charge in [0.15, 0.2) is 5.82 Å². The van der Waals surface area contributed by atoms with E-state index in [0.717, 1.165) is 33.4 Å². The molecule has 1 aromatic heterocycles. The second-order valence-corrected chi connectivity index (χ2v) is 5.54. The van der Waals surface area contributed by atoms with Crippen LogP contribution in [0, 0.1) is 0 Å². The first-order chi connectivity index (χ1) is 10.8. The van der Waals surface area contributed by atoms with Gasteiger partial charge in [0, 0.05) is 11.1 Å². The van der Waals surface area contributed by atoms with E-state index < -0.39 is 0 Å². The van der Waals surface area contributed by atoms with Crippen molar-refractivity contribution in [3.8, 4) is 28.4 Å². The summed E-state index contributed by atoms with van der Waals surface area (Å²) < 4.78 is 5.21. The highest BCUT2D eigenvalue weighted by atomic mass is 32.2. The lowest BCUT2D eigenvalue weighted by atomic mass is 10.1. The number of aromatic nitrogens is 2. The van der Waals surface area contributed by atoms with Gasteiger partial charge in [-0.25, -0.2) is 9.97 Å². The summed E-state index contributed by atoms with van der Waals surface area (Å²) in [5.74, 6) is 1.59. The molecule has 3 rings (SSSR count). The predicted octanol–water partition coefficient (Wildman–Crippen LogP) is 4.54. The van der Waals surface area contributed by atoms with Crippen LogP contribution in [0.25, 0.3) is 22.6 Å². The van der Waals surface area contributed by atoms with E-state index in [1.807, 2.05) is 66.9 Å². The molecule has 2 aromatic carbocycles. The molecular formula is C18H16N2OS. The van der Waals surface area contributed by atoms with Crippen LogP contribution in [0.4, 0.5) is 0 Å². The predicted molar refractivity (Wildman–Crippen MR) is 91.2 cm³/mol. The maximum absolute atomic E-state index is 5.21. The third-order valence-corrected chi connectivity index (χ3v) is 3.96. The smallest absolute Gasteiger partial charge is 0.161 e. The molecular weight excluding hydrogens is 292 g/mol. The summed E-state index contributed by atoms with van der Waals surface area (Å²) in [5.41, 5.74) is 2.99. The average Bonchev–Trinajstić information content (AvgIpc) is 2.62. The van der Waals surface area contributed by atoms with E-state index in [0.29, 0.717) is 0 Å². The molecule has 3 aromatic rings. The summed E-state index contributed by atoms with van der Waals surface area (Å²) in [6, 6.07) is 20.0. The van der Waals surface area contributed by atoms with Crippen LogP contribution < -0.4 is 4.74 Å². The van der Waals surface area contributed by atoms with Gasteiger partial charge >= 0.3 is 0 Å². The maximum atomic E-state index is 5.21. The molecule has 110 valence electrons. The monoisotopic (exact) mass is 308 g/mol. The van der Waals surface area contributed by atoms with E-state index in [4.69, 9.17) is 9.72 Å². The van der Waals surface area contributed by atoms with Crippen molar-refractivity contribution in [2.45, 2.75) is 5.03 Å². The van der Waals surface area contributed by atoms with Crippen molar-refractivity contribution in [2.75, 3.05) is 13.4 Å². The molecule has 0 N–H and O–H groups in total. The van der Waals surface area contributed by atoms with Gasteiger partial charge in [-0.15, -0.1) is 11.8 Å². The van der Waals surface area contributed by atoms with Crippen LogP contribution in [0.1, 0.15) is 0 Å². The van der Waals surface area contributed by atoms with Gasteiger partial charge in [-0.1, -0.05) is 30.3 Å². The molecule has 22 heavy (non-hydrogen) atoms. The number of hydrogen-bond donors (Lipinski definition) is 0. The summed E-state index contributed by atoms with van der Waals surface area (Å²) >= 11 is 1.62. The van der Waals surface area contributed by atoms with E-state index >= 15 is 0 Å². The zero-order chi connectivity index (χ0) is 15.4. The Bertz CT molecular complexity index is 758. The largest absolute Gasteiger partial charge is 0.497 e. The second-order valence-electron chi connectivity index (χ2n) is 4.71. The van der Waals surface area contributed by atoms with Crippen LogP contribution >= 0.6 is 11.8 Å². The minimum atomic E-state index is 0.748. The third kappa shape index (κ3) is 3.12. The van der Waals surface area contributed by atoms with Gasteiger partial charge in [-0.3, -0.25) is 0 Å². The maximum Gasteiger partial charge on any atom is 0.161 e. The fourth-order valence-corrected chi connectivity index (χ4v) is 2.56. The van der Waals surface area contributed by atoms with Crippen molar-refractivity contribution in [3.63, 3.8) is 0 Å².